The lowest BCUT2D eigenvalue weighted by Crippen LogP contribution is -2.35. The Morgan fingerprint density at radius 2 is 1.81 bits per heavy atom. The number of aliphatic hydroxyl groups is 1. The fourth-order valence-corrected chi connectivity index (χ4v) is 1.04. The normalized spacial score (nSPS) is 12.6. The molecular weight excluding hydrogens is 208 g/mol. The van der Waals surface area contributed by atoms with Crippen molar-refractivity contribution in [2.24, 2.45) is 0 Å². The molecule has 16 heavy (non-hydrogen) atoms. The fraction of sp³-hybridized carbons (Fsp3) is 0.667. The summed E-state index contributed by atoms with van der Waals surface area (Å²) in [6, 6.07) is 0. The summed E-state index contributed by atoms with van der Waals surface area (Å²) in [4.78, 5) is 22.4. The van der Waals surface area contributed by atoms with Gasteiger partial charge in [-0.2, -0.15) is 0 Å². The molecule has 0 atom stereocenters. The van der Waals surface area contributed by atoms with Crippen molar-refractivity contribution < 1.29 is 19.4 Å². The van der Waals surface area contributed by atoms with Gasteiger partial charge in [-0.1, -0.05) is 0 Å². The number of carbonyl (C=O) groups is 2. The van der Waals surface area contributed by atoms with Crippen LogP contribution in [0.25, 0.3) is 0 Å². The molecule has 92 valence electrons. The zero-order chi connectivity index (χ0) is 12.8. The third-order valence-corrected chi connectivity index (χ3v) is 2.20. The van der Waals surface area contributed by atoms with Crippen LogP contribution in [0.5, 0.6) is 0 Å². The van der Waals surface area contributed by atoms with E-state index in [1.165, 1.54) is 19.9 Å². The van der Waals surface area contributed by atoms with Crippen molar-refractivity contribution in [2.45, 2.75) is 46.1 Å². The van der Waals surface area contributed by atoms with Crippen LogP contribution >= 0.6 is 0 Å². The maximum Gasteiger partial charge on any atom is 0.164 e. The van der Waals surface area contributed by atoms with Gasteiger partial charge in [-0.15, -0.1) is 0 Å². The predicted molar refractivity (Wildman–Crippen MR) is 61.3 cm³/mol. The van der Waals surface area contributed by atoms with Gasteiger partial charge in [-0.3, -0.25) is 4.79 Å². The third kappa shape index (κ3) is 6.35. The van der Waals surface area contributed by atoms with Crippen LogP contribution < -0.4 is 0 Å². The summed E-state index contributed by atoms with van der Waals surface area (Å²) in [6.45, 7) is 6.50. The van der Waals surface area contributed by atoms with Gasteiger partial charge in [-0.05, 0) is 33.8 Å². The number of rotatable bonds is 7. The summed E-state index contributed by atoms with van der Waals surface area (Å²) in [5.74, 6) is 0.0499. The first-order chi connectivity index (χ1) is 7.25. The molecule has 1 N–H and O–H groups in total. The number of ketones is 2. The van der Waals surface area contributed by atoms with Crippen LogP contribution in [0.3, 0.4) is 0 Å². The van der Waals surface area contributed by atoms with E-state index in [2.05, 4.69) is 0 Å². The molecule has 0 fully saturated rings. The summed E-state index contributed by atoms with van der Waals surface area (Å²) in [5.41, 5.74) is -0.915. The van der Waals surface area contributed by atoms with Gasteiger partial charge in [-0.25, -0.2) is 0 Å². The molecule has 0 radical (unpaired) electrons. The van der Waals surface area contributed by atoms with Gasteiger partial charge >= 0.3 is 0 Å². The Morgan fingerprint density at radius 3 is 2.25 bits per heavy atom. The number of Topliss-reactive ketones (excluding diaryl/α,β-unsaturated/α-hetero) is 2. The maximum absolute atomic E-state index is 11.7. The summed E-state index contributed by atoms with van der Waals surface area (Å²) in [7, 11) is 0. The number of ether oxygens (including phenoxy) is 1. The van der Waals surface area contributed by atoms with E-state index in [1.54, 1.807) is 13.8 Å². The first-order valence-electron chi connectivity index (χ1n) is 5.28. The van der Waals surface area contributed by atoms with Crippen LogP contribution in [0.4, 0.5) is 0 Å². The van der Waals surface area contributed by atoms with E-state index in [0.29, 0.717) is 0 Å². The van der Waals surface area contributed by atoms with Crippen LogP contribution in [0.15, 0.2) is 11.8 Å². The lowest BCUT2D eigenvalue weighted by molar-refractivity contribution is -0.140. The highest BCUT2D eigenvalue weighted by Crippen LogP contribution is 2.14. The molecule has 0 bridgehead atoms. The molecule has 0 aliphatic rings. The molecule has 0 amide bonds. The smallest absolute Gasteiger partial charge is 0.164 e. The fourth-order valence-electron chi connectivity index (χ4n) is 1.04. The van der Waals surface area contributed by atoms with Gasteiger partial charge in [0.25, 0.3) is 0 Å². The second kappa shape index (κ2) is 6.43. The number of aliphatic hydroxyl groups excluding tert-OH is 1. The van der Waals surface area contributed by atoms with Crippen molar-refractivity contribution in [2.75, 3.05) is 6.61 Å². The zero-order valence-corrected chi connectivity index (χ0v) is 10.4. The van der Waals surface area contributed by atoms with Crippen molar-refractivity contribution in [1.29, 1.82) is 0 Å². The molecule has 0 heterocycles. The Morgan fingerprint density at radius 1 is 1.25 bits per heavy atom. The number of hydrogen-bond donors (Lipinski definition) is 1. The number of carbonyl (C=O) groups excluding carboxylic acids is 2. The molecule has 0 aromatic heterocycles. The average molecular weight is 228 g/mol. The quantitative estimate of drug-likeness (QED) is 0.678. The maximum atomic E-state index is 11.7. The minimum atomic E-state index is -0.915. The third-order valence-electron chi connectivity index (χ3n) is 2.20. The van der Waals surface area contributed by atoms with Gasteiger partial charge in [0.15, 0.2) is 5.78 Å². The topological polar surface area (TPSA) is 63.6 Å². The van der Waals surface area contributed by atoms with Gasteiger partial charge in [0.1, 0.15) is 11.4 Å². The Hall–Kier alpha value is -1.16. The molecule has 4 heteroatoms. The van der Waals surface area contributed by atoms with E-state index in [0.717, 1.165) is 0 Å². The van der Waals surface area contributed by atoms with Crippen LogP contribution in [0, 0.1) is 0 Å². The molecule has 0 aliphatic heterocycles. The van der Waals surface area contributed by atoms with E-state index < -0.39 is 5.60 Å². The van der Waals surface area contributed by atoms with Crippen LogP contribution in [-0.4, -0.2) is 28.9 Å². The molecule has 0 aromatic carbocycles. The zero-order valence-electron chi connectivity index (χ0n) is 10.4. The predicted octanol–water partition coefficient (Wildman–Crippen LogP) is 2.18. The second-order valence-electron chi connectivity index (χ2n) is 4.29. The molecule has 0 saturated heterocycles. The molecule has 0 aromatic rings. The first-order valence-corrected chi connectivity index (χ1v) is 5.28. The largest absolute Gasteiger partial charge is 0.513 e. The molecular formula is C12H20O4. The van der Waals surface area contributed by atoms with Crippen LogP contribution in [0.2, 0.25) is 0 Å². The number of allylic oxidation sites excluding steroid dienone is 1. The summed E-state index contributed by atoms with van der Waals surface area (Å²) >= 11 is 0. The Bertz CT molecular complexity index is 285. The van der Waals surface area contributed by atoms with Gasteiger partial charge < -0.3 is 14.6 Å². The minimum absolute atomic E-state index is 0.00440. The highest BCUT2D eigenvalue weighted by atomic mass is 16.5. The highest BCUT2D eigenvalue weighted by Gasteiger charge is 2.27. The van der Waals surface area contributed by atoms with Crippen LogP contribution in [0.1, 0.15) is 40.5 Å². The number of hydrogen-bond acceptors (Lipinski definition) is 4. The standard InChI is InChI=1S/C12H20O4/c1-9(13)5-6-11(15)12(3,4)16-8-7-10(2)14/h7,14H,5-6,8H2,1-4H3/b10-7-. The van der Waals surface area contributed by atoms with Crippen molar-refractivity contribution >= 4 is 11.6 Å². The van der Waals surface area contributed by atoms with E-state index >= 15 is 0 Å². The Balaban J connectivity index is 4.15. The highest BCUT2D eigenvalue weighted by molar-refractivity contribution is 5.90. The Labute approximate surface area is 96.3 Å². The summed E-state index contributed by atoms with van der Waals surface area (Å²) < 4.78 is 5.34. The SMILES string of the molecule is CC(=O)CCC(=O)C(C)(C)OC/C=C(/C)O. The average Bonchev–Trinajstić information content (AvgIpc) is 2.12. The van der Waals surface area contributed by atoms with E-state index in [-0.39, 0.29) is 36.8 Å². The van der Waals surface area contributed by atoms with Gasteiger partial charge in [0.2, 0.25) is 0 Å². The van der Waals surface area contributed by atoms with Crippen molar-refractivity contribution in [1.82, 2.24) is 0 Å². The van der Waals surface area contributed by atoms with E-state index in [1.807, 2.05) is 0 Å². The van der Waals surface area contributed by atoms with Crippen molar-refractivity contribution in [3.63, 3.8) is 0 Å². The Kier molecular flexibility index (Phi) is 5.96. The first kappa shape index (κ1) is 14.8. The van der Waals surface area contributed by atoms with Crippen LogP contribution in [-0.2, 0) is 14.3 Å². The van der Waals surface area contributed by atoms with Gasteiger partial charge in [0, 0.05) is 12.8 Å². The molecule has 0 unspecified atom stereocenters. The van der Waals surface area contributed by atoms with E-state index in [4.69, 9.17) is 9.84 Å². The summed E-state index contributed by atoms with van der Waals surface area (Å²) in [5, 5.41) is 8.92. The monoisotopic (exact) mass is 228 g/mol. The van der Waals surface area contributed by atoms with Crippen molar-refractivity contribution in [3.8, 4) is 0 Å². The molecule has 0 saturated carbocycles. The van der Waals surface area contributed by atoms with Gasteiger partial charge in [0.05, 0.1) is 12.4 Å². The lowest BCUT2D eigenvalue weighted by Gasteiger charge is -2.22. The minimum Gasteiger partial charge on any atom is -0.513 e. The summed E-state index contributed by atoms with van der Waals surface area (Å²) in [6.07, 6.45) is 1.94. The van der Waals surface area contributed by atoms with E-state index in [9.17, 15) is 9.59 Å². The molecule has 0 spiro atoms. The second-order valence-corrected chi connectivity index (χ2v) is 4.29. The molecule has 0 rings (SSSR count). The molecule has 4 nitrogen and oxygen atoms in total. The molecule has 0 aliphatic carbocycles. The lowest BCUT2D eigenvalue weighted by atomic mass is 9.98. The van der Waals surface area contributed by atoms with Crippen molar-refractivity contribution in [3.05, 3.63) is 11.8 Å².